The Morgan fingerprint density at radius 3 is 2.81 bits per heavy atom. The first-order valence-corrected chi connectivity index (χ1v) is 4.60. The third-order valence-corrected chi connectivity index (χ3v) is 2.04. The zero-order valence-corrected chi connectivity index (χ0v) is 8.58. The second kappa shape index (κ2) is 3.65. The van der Waals surface area contributed by atoms with E-state index < -0.39 is 5.97 Å². The van der Waals surface area contributed by atoms with E-state index in [1.807, 2.05) is 0 Å². The summed E-state index contributed by atoms with van der Waals surface area (Å²) in [5.41, 5.74) is 6.72. The van der Waals surface area contributed by atoms with Crippen molar-refractivity contribution < 1.29 is 9.90 Å². The topological polar surface area (TPSA) is 94.0 Å². The predicted molar refractivity (Wildman–Crippen MR) is 57.5 cm³/mol. The Labute approximate surface area is 91.3 Å². The maximum atomic E-state index is 11.0. The van der Waals surface area contributed by atoms with Gasteiger partial charge in [-0.2, -0.15) is 5.10 Å². The number of rotatable bonds is 2. The molecule has 0 atom stereocenters. The van der Waals surface area contributed by atoms with Gasteiger partial charge in [-0.05, 0) is 25.1 Å². The number of nitrogens with two attached hydrogens (primary N) is 1. The first-order valence-electron chi connectivity index (χ1n) is 4.60. The molecule has 2 aromatic heterocycles. The van der Waals surface area contributed by atoms with Crippen LogP contribution in [0.5, 0.6) is 0 Å². The second-order valence-electron chi connectivity index (χ2n) is 3.34. The number of carboxylic acid groups (broad SMARTS) is 1. The number of aryl methyl sites for hydroxylation is 1. The highest BCUT2D eigenvalue weighted by atomic mass is 16.4. The third-order valence-electron chi connectivity index (χ3n) is 2.04. The predicted octanol–water partition coefficient (Wildman–Crippen LogP) is 0.856. The largest absolute Gasteiger partial charge is 0.477 e. The Hall–Kier alpha value is -2.37. The molecule has 2 heterocycles. The highest BCUT2D eigenvalue weighted by Crippen LogP contribution is 2.11. The number of hydrogen-bond acceptors (Lipinski definition) is 4. The molecule has 0 fully saturated rings. The molecule has 6 heteroatoms. The van der Waals surface area contributed by atoms with Crippen molar-refractivity contribution in [2.75, 3.05) is 5.73 Å². The minimum Gasteiger partial charge on any atom is -0.477 e. The minimum atomic E-state index is -1.04. The Balaban J connectivity index is 2.55. The summed E-state index contributed by atoms with van der Waals surface area (Å²) in [6, 6.07) is 4.75. The average Bonchev–Trinajstić information content (AvgIpc) is 2.61. The van der Waals surface area contributed by atoms with E-state index in [0.717, 1.165) is 0 Å². The van der Waals surface area contributed by atoms with Gasteiger partial charge < -0.3 is 10.8 Å². The number of carboxylic acids is 1. The number of carbonyl (C=O) groups is 1. The first kappa shape index (κ1) is 10.2. The van der Waals surface area contributed by atoms with E-state index in [4.69, 9.17) is 10.8 Å². The fraction of sp³-hybridized carbons (Fsp3) is 0.100. The van der Waals surface area contributed by atoms with Gasteiger partial charge in [-0.25, -0.2) is 14.5 Å². The molecule has 3 N–H and O–H groups in total. The van der Waals surface area contributed by atoms with Gasteiger partial charge in [0, 0.05) is 0 Å². The molecule has 2 aromatic rings. The lowest BCUT2D eigenvalue weighted by Crippen LogP contribution is -2.09. The summed E-state index contributed by atoms with van der Waals surface area (Å²) in [5.74, 6) is -0.612. The van der Waals surface area contributed by atoms with E-state index in [1.165, 1.54) is 16.9 Å². The van der Waals surface area contributed by atoms with Crippen molar-refractivity contribution in [1.82, 2.24) is 14.8 Å². The summed E-state index contributed by atoms with van der Waals surface area (Å²) in [6.07, 6.45) is 1.46. The number of aromatic carboxylic acids is 1. The Kier molecular flexibility index (Phi) is 2.32. The van der Waals surface area contributed by atoms with Crippen LogP contribution in [0, 0.1) is 6.92 Å². The number of pyridine rings is 1. The molecule has 0 aliphatic heterocycles. The fourth-order valence-corrected chi connectivity index (χ4v) is 1.35. The molecule has 0 spiro atoms. The van der Waals surface area contributed by atoms with Gasteiger partial charge in [0.15, 0.2) is 11.5 Å². The van der Waals surface area contributed by atoms with Crippen molar-refractivity contribution in [1.29, 1.82) is 0 Å². The summed E-state index contributed by atoms with van der Waals surface area (Å²) in [6.45, 7) is 1.72. The van der Waals surface area contributed by atoms with Crippen molar-refractivity contribution in [3.8, 4) is 5.82 Å². The molecule has 0 aliphatic rings. The molecule has 6 nitrogen and oxygen atoms in total. The number of hydrogen-bond donors (Lipinski definition) is 2. The lowest BCUT2D eigenvalue weighted by molar-refractivity contribution is 0.0687. The first-order chi connectivity index (χ1) is 7.58. The molecule has 0 aromatic carbocycles. The Bertz CT molecular complexity index is 530. The van der Waals surface area contributed by atoms with Gasteiger partial charge in [0.1, 0.15) is 0 Å². The standard InChI is InChI=1S/C10H10N4O2/c1-6-4-8(10(15)16)14(13-6)9-3-2-7(11)5-12-9/h2-5H,11H2,1H3,(H,15,16). The molecule has 0 unspecified atom stereocenters. The third kappa shape index (κ3) is 1.72. The number of nitrogen functional groups attached to an aromatic ring is 1. The van der Waals surface area contributed by atoms with Gasteiger partial charge >= 0.3 is 5.97 Å². The van der Waals surface area contributed by atoms with E-state index in [1.54, 1.807) is 19.1 Å². The van der Waals surface area contributed by atoms with Gasteiger partial charge in [0.25, 0.3) is 0 Å². The normalized spacial score (nSPS) is 10.3. The molecular weight excluding hydrogens is 208 g/mol. The number of nitrogens with zero attached hydrogens (tertiary/aromatic N) is 3. The summed E-state index contributed by atoms with van der Waals surface area (Å²) in [4.78, 5) is 15.0. The summed E-state index contributed by atoms with van der Waals surface area (Å²) in [7, 11) is 0. The summed E-state index contributed by atoms with van der Waals surface area (Å²) < 4.78 is 1.27. The van der Waals surface area contributed by atoms with Crippen molar-refractivity contribution in [3.63, 3.8) is 0 Å². The Morgan fingerprint density at radius 2 is 2.25 bits per heavy atom. The smallest absolute Gasteiger partial charge is 0.354 e. The van der Waals surface area contributed by atoms with Crippen LogP contribution in [0.2, 0.25) is 0 Å². The van der Waals surface area contributed by atoms with Gasteiger partial charge in [0.2, 0.25) is 0 Å². The van der Waals surface area contributed by atoms with Gasteiger partial charge in [0.05, 0.1) is 17.6 Å². The second-order valence-corrected chi connectivity index (χ2v) is 3.34. The zero-order chi connectivity index (χ0) is 11.7. The molecule has 16 heavy (non-hydrogen) atoms. The van der Waals surface area contributed by atoms with Gasteiger partial charge in [-0.1, -0.05) is 0 Å². The maximum absolute atomic E-state index is 11.0. The van der Waals surface area contributed by atoms with Gasteiger partial charge in [-0.3, -0.25) is 0 Å². The summed E-state index contributed by atoms with van der Waals surface area (Å²) in [5, 5.41) is 13.0. The molecule has 0 radical (unpaired) electrons. The maximum Gasteiger partial charge on any atom is 0.354 e. The molecule has 0 aliphatic carbocycles. The van der Waals surface area contributed by atoms with E-state index in [9.17, 15) is 4.79 Å². The molecule has 0 amide bonds. The minimum absolute atomic E-state index is 0.0785. The molecule has 2 rings (SSSR count). The lowest BCUT2D eigenvalue weighted by atomic mass is 10.3. The number of aromatic nitrogens is 3. The molecule has 0 saturated heterocycles. The van der Waals surface area contributed by atoms with Crippen LogP contribution in [-0.4, -0.2) is 25.8 Å². The van der Waals surface area contributed by atoms with Crippen LogP contribution in [0.15, 0.2) is 24.4 Å². The van der Waals surface area contributed by atoms with Crippen LogP contribution in [0.1, 0.15) is 16.2 Å². The van der Waals surface area contributed by atoms with Crippen molar-refractivity contribution >= 4 is 11.7 Å². The van der Waals surface area contributed by atoms with E-state index >= 15 is 0 Å². The van der Waals surface area contributed by atoms with E-state index in [0.29, 0.717) is 17.2 Å². The highest BCUT2D eigenvalue weighted by Gasteiger charge is 2.14. The molecular formula is C10H10N4O2. The summed E-state index contributed by atoms with van der Waals surface area (Å²) >= 11 is 0. The van der Waals surface area contributed by atoms with Crippen LogP contribution in [0.3, 0.4) is 0 Å². The molecule has 0 bridgehead atoms. The SMILES string of the molecule is Cc1cc(C(=O)O)n(-c2ccc(N)cn2)n1. The highest BCUT2D eigenvalue weighted by molar-refractivity contribution is 5.86. The van der Waals surface area contributed by atoms with Crippen LogP contribution >= 0.6 is 0 Å². The zero-order valence-electron chi connectivity index (χ0n) is 8.58. The number of anilines is 1. The molecule has 82 valence electrons. The van der Waals surface area contributed by atoms with E-state index in [2.05, 4.69) is 10.1 Å². The van der Waals surface area contributed by atoms with Crippen molar-refractivity contribution in [3.05, 3.63) is 35.8 Å². The fourth-order valence-electron chi connectivity index (χ4n) is 1.35. The van der Waals surface area contributed by atoms with E-state index in [-0.39, 0.29) is 5.69 Å². The molecule has 0 saturated carbocycles. The van der Waals surface area contributed by atoms with Crippen LogP contribution in [0.4, 0.5) is 5.69 Å². The lowest BCUT2D eigenvalue weighted by Gasteiger charge is -2.02. The van der Waals surface area contributed by atoms with Crippen molar-refractivity contribution in [2.45, 2.75) is 6.92 Å². The quantitative estimate of drug-likeness (QED) is 0.779. The van der Waals surface area contributed by atoms with Gasteiger partial charge in [-0.15, -0.1) is 0 Å². The van der Waals surface area contributed by atoms with Crippen LogP contribution in [-0.2, 0) is 0 Å². The monoisotopic (exact) mass is 218 g/mol. The van der Waals surface area contributed by atoms with Crippen LogP contribution < -0.4 is 5.73 Å². The van der Waals surface area contributed by atoms with Crippen LogP contribution in [0.25, 0.3) is 5.82 Å². The van der Waals surface area contributed by atoms with Crippen molar-refractivity contribution in [2.24, 2.45) is 0 Å². The average molecular weight is 218 g/mol. The Morgan fingerprint density at radius 1 is 1.50 bits per heavy atom.